The lowest BCUT2D eigenvalue weighted by Crippen LogP contribution is -2.66. The van der Waals surface area contributed by atoms with E-state index >= 15 is 0 Å². The first-order chi connectivity index (χ1) is 8.79. The Morgan fingerprint density at radius 2 is 1.74 bits per heavy atom. The molecule has 0 aromatic carbocycles. The third-order valence-corrected chi connectivity index (χ3v) is 4.67. The number of amides is 2. The highest BCUT2D eigenvalue weighted by Crippen LogP contribution is 2.34. The Bertz CT molecular complexity index is 386. The molecule has 0 spiro atoms. The Balaban J connectivity index is 2.21. The summed E-state index contributed by atoms with van der Waals surface area (Å²) in [7, 11) is 1.80. The van der Waals surface area contributed by atoms with Crippen LogP contribution < -0.4 is 5.32 Å². The molecule has 0 saturated carbocycles. The van der Waals surface area contributed by atoms with Gasteiger partial charge in [-0.05, 0) is 39.8 Å². The first-order valence-corrected chi connectivity index (χ1v) is 7.07. The van der Waals surface area contributed by atoms with E-state index in [1.54, 1.807) is 16.8 Å². The molecule has 108 valence electrons. The Morgan fingerprint density at radius 1 is 1.16 bits per heavy atom. The minimum absolute atomic E-state index is 0.0321. The molecule has 5 nitrogen and oxygen atoms in total. The number of carbonyl (C=O) groups excluding carboxylic acids is 2. The largest absolute Gasteiger partial charge is 0.342 e. The number of nitrogens with one attached hydrogen (secondary N) is 1. The molecule has 2 saturated heterocycles. The Morgan fingerprint density at radius 3 is 2.32 bits per heavy atom. The third-order valence-electron chi connectivity index (χ3n) is 4.67. The van der Waals surface area contributed by atoms with E-state index in [2.05, 4.69) is 5.32 Å². The lowest BCUT2D eigenvalue weighted by molar-refractivity contribution is -0.163. The lowest BCUT2D eigenvalue weighted by Gasteiger charge is -2.48. The Kier molecular flexibility index (Phi) is 3.60. The molecule has 2 aliphatic heterocycles. The van der Waals surface area contributed by atoms with Gasteiger partial charge in [0.1, 0.15) is 5.54 Å². The average molecular weight is 267 g/mol. The van der Waals surface area contributed by atoms with Gasteiger partial charge in [-0.1, -0.05) is 6.92 Å². The van der Waals surface area contributed by atoms with Crippen molar-refractivity contribution in [1.82, 2.24) is 15.1 Å². The number of hydrogen-bond acceptors (Lipinski definition) is 3. The van der Waals surface area contributed by atoms with Gasteiger partial charge in [-0.3, -0.25) is 9.59 Å². The van der Waals surface area contributed by atoms with Crippen molar-refractivity contribution in [3.05, 3.63) is 0 Å². The van der Waals surface area contributed by atoms with E-state index in [1.165, 1.54) is 0 Å². The predicted molar refractivity (Wildman–Crippen MR) is 73.6 cm³/mol. The number of hydrogen-bond donors (Lipinski definition) is 1. The van der Waals surface area contributed by atoms with Gasteiger partial charge in [0.15, 0.2) is 0 Å². The van der Waals surface area contributed by atoms with Crippen LogP contribution in [0.4, 0.5) is 0 Å². The van der Waals surface area contributed by atoms with Crippen LogP contribution >= 0.6 is 0 Å². The van der Waals surface area contributed by atoms with Crippen LogP contribution in [0, 0.1) is 5.41 Å². The highest BCUT2D eigenvalue weighted by molar-refractivity contribution is 5.93. The standard InChI is InChI=1S/C14H25N3O2/c1-13(2)11(18)16(4)9-10-17(13)12(19)14(3)5-7-15-8-6-14/h15H,5-10H2,1-4H3. The summed E-state index contributed by atoms with van der Waals surface area (Å²) < 4.78 is 0. The molecule has 0 radical (unpaired) electrons. The fourth-order valence-electron chi connectivity index (χ4n) is 3.09. The van der Waals surface area contributed by atoms with Crippen LogP contribution in [-0.4, -0.2) is 60.4 Å². The van der Waals surface area contributed by atoms with Crippen LogP contribution in [0.3, 0.4) is 0 Å². The van der Waals surface area contributed by atoms with Gasteiger partial charge in [-0.2, -0.15) is 0 Å². The maximum atomic E-state index is 12.9. The fraction of sp³-hybridized carbons (Fsp3) is 0.857. The van der Waals surface area contributed by atoms with E-state index in [4.69, 9.17) is 0 Å². The topological polar surface area (TPSA) is 52.6 Å². The zero-order valence-corrected chi connectivity index (χ0v) is 12.5. The molecule has 0 aliphatic carbocycles. The normalized spacial score (nSPS) is 26.4. The molecular weight excluding hydrogens is 242 g/mol. The molecule has 2 aliphatic rings. The quantitative estimate of drug-likeness (QED) is 0.751. The van der Waals surface area contributed by atoms with Crippen LogP contribution in [0.5, 0.6) is 0 Å². The fourth-order valence-corrected chi connectivity index (χ4v) is 3.09. The molecule has 0 unspecified atom stereocenters. The van der Waals surface area contributed by atoms with Gasteiger partial charge in [-0.25, -0.2) is 0 Å². The summed E-state index contributed by atoms with van der Waals surface area (Å²) in [6.07, 6.45) is 1.70. The lowest BCUT2D eigenvalue weighted by atomic mass is 9.78. The summed E-state index contributed by atoms with van der Waals surface area (Å²) >= 11 is 0. The summed E-state index contributed by atoms with van der Waals surface area (Å²) in [5, 5.41) is 3.29. The van der Waals surface area contributed by atoms with E-state index in [0.717, 1.165) is 25.9 Å². The SMILES string of the molecule is CN1CCN(C(=O)C2(C)CCNCC2)C(C)(C)C1=O. The van der Waals surface area contributed by atoms with Gasteiger partial charge in [0.2, 0.25) is 11.8 Å². The third kappa shape index (κ3) is 2.36. The first-order valence-electron chi connectivity index (χ1n) is 7.07. The second kappa shape index (κ2) is 4.78. The summed E-state index contributed by atoms with van der Waals surface area (Å²) in [5.74, 6) is 0.171. The van der Waals surface area contributed by atoms with Gasteiger partial charge >= 0.3 is 0 Å². The van der Waals surface area contributed by atoms with Crippen LogP contribution in [-0.2, 0) is 9.59 Å². The van der Waals surface area contributed by atoms with Crippen LogP contribution in [0.15, 0.2) is 0 Å². The van der Waals surface area contributed by atoms with Gasteiger partial charge in [0.25, 0.3) is 0 Å². The molecule has 0 aromatic heterocycles. The zero-order valence-electron chi connectivity index (χ0n) is 12.5. The predicted octanol–water partition coefficient (Wildman–Crippen LogP) is 0.455. The molecule has 0 bridgehead atoms. The zero-order chi connectivity index (χ0) is 14.3. The first kappa shape index (κ1) is 14.3. The maximum absolute atomic E-state index is 12.9. The van der Waals surface area contributed by atoms with Crippen molar-refractivity contribution in [2.75, 3.05) is 33.2 Å². The molecule has 2 heterocycles. The highest BCUT2D eigenvalue weighted by Gasteiger charge is 2.48. The second-order valence-electron chi connectivity index (χ2n) is 6.55. The molecule has 2 amide bonds. The summed E-state index contributed by atoms with van der Waals surface area (Å²) in [5.41, 5.74) is -1.04. The van der Waals surface area contributed by atoms with Gasteiger partial charge in [0.05, 0.1) is 0 Å². The van der Waals surface area contributed by atoms with E-state index in [9.17, 15) is 9.59 Å². The molecule has 2 rings (SSSR count). The number of piperidine rings is 1. The van der Waals surface area contributed by atoms with Crippen molar-refractivity contribution in [3.63, 3.8) is 0 Å². The molecule has 1 N–H and O–H groups in total. The van der Waals surface area contributed by atoms with Crippen molar-refractivity contribution in [1.29, 1.82) is 0 Å². The second-order valence-corrected chi connectivity index (χ2v) is 6.55. The van der Waals surface area contributed by atoms with Gasteiger partial charge in [-0.15, -0.1) is 0 Å². The number of piperazine rings is 1. The minimum Gasteiger partial charge on any atom is -0.342 e. The molecule has 2 fully saturated rings. The van der Waals surface area contributed by atoms with E-state index in [0.29, 0.717) is 13.1 Å². The van der Waals surface area contributed by atoms with Crippen molar-refractivity contribution in [2.45, 2.75) is 39.2 Å². The smallest absolute Gasteiger partial charge is 0.247 e. The summed E-state index contributed by atoms with van der Waals surface area (Å²) in [4.78, 5) is 28.6. The number of carbonyl (C=O) groups is 2. The monoisotopic (exact) mass is 267 g/mol. The number of rotatable bonds is 1. The molecule has 19 heavy (non-hydrogen) atoms. The maximum Gasteiger partial charge on any atom is 0.247 e. The van der Waals surface area contributed by atoms with Crippen LogP contribution in [0.2, 0.25) is 0 Å². The highest BCUT2D eigenvalue weighted by atomic mass is 16.2. The molecule has 0 atom stereocenters. The van der Waals surface area contributed by atoms with E-state index in [1.807, 2.05) is 20.8 Å². The Labute approximate surface area is 115 Å². The van der Waals surface area contributed by atoms with Crippen molar-refractivity contribution < 1.29 is 9.59 Å². The molecule has 0 aromatic rings. The number of nitrogens with zero attached hydrogens (tertiary/aromatic N) is 2. The molecular formula is C14H25N3O2. The van der Waals surface area contributed by atoms with Gasteiger partial charge < -0.3 is 15.1 Å². The average Bonchev–Trinajstić information content (AvgIpc) is 2.36. The van der Waals surface area contributed by atoms with Crippen LogP contribution in [0.1, 0.15) is 33.6 Å². The van der Waals surface area contributed by atoms with Crippen molar-refractivity contribution in [2.24, 2.45) is 5.41 Å². The summed E-state index contributed by atoms with van der Waals surface area (Å²) in [6, 6.07) is 0. The Hall–Kier alpha value is -1.10. The molecule has 5 heteroatoms. The number of likely N-dealkylation sites (N-methyl/N-ethyl adjacent to an activating group) is 1. The van der Waals surface area contributed by atoms with Crippen molar-refractivity contribution >= 4 is 11.8 Å². The van der Waals surface area contributed by atoms with Crippen LogP contribution in [0.25, 0.3) is 0 Å². The van der Waals surface area contributed by atoms with E-state index in [-0.39, 0.29) is 17.2 Å². The summed E-state index contributed by atoms with van der Waals surface area (Å²) in [6.45, 7) is 8.77. The minimum atomic E-state index is -0.724. The van der Waals surface area contributed by atoms with E-state index < -0.39 is 5.54 Å². The van der Waals surface area contributed by atoms with Gasteiger partial charge in [0, 0.05) is 25.6 Å². The van der Waals surface area contributed by atoms with Crippen molar-refractivity contribution in [3.8, 4) is 0 Å².